The molecule has 0 aliphatic rings. The second kappa shape index (κ2) is 8.99. The molecule has 2 rings (SSSR count). The Morgan fingerprint density at radius 3 is 2.37 bits per heavy atom. The van der Waals surface area contributed by atoms with Crippen molar-refractivity contribution in [1.82, 2.24) is 4.98 Å². The van der Waals surface area contributed by atoms with Gasteiger partial charge in [-0.05, 0) is 42.5 Å². The van der Waals surface area contributed by atoms with E-state index in [4.69, 9.17) is 5.11 Å². The Bertz CT molecular complexity index is 932. The number of aliphatic hydroxyl groups excluding tert-OH is 1. The number of benzene rings is 1. The molecule has 0 bridgehead atoms. The van der Waals surface area contributed by atoms with E-state index in [2.05, 4.69) is 10.3 Å². The molecule has 2 aromatic rings. The summed E-state index contributed by atoms with van der Waals surface area (Å²) in [4.78, 5) is 16.0. The minimum atomic E-state index is -4.93. The Labute approximate surface area is 166 Å². The highest BCUT2D eigenvalue weighted by atomic mass is 19.4. The molecule has 0 spiro atoms. The SMILES string of the molecule is Cc1cc(C(F)F)cnc1C(=O)Nc1cc(F)c(F)c([C@H](C)C[C@@H](O)C(F)(F)F)c1. The molecule has 2 atom stereocenters. The highest BCUT2D eigenvalue weighted by Crippen LogP contribution is 2.32. The number of rotatable bonds is 6. The van der Waals surface area contributed by atoms with Crippen LogP contribution in [0.1, 0.15) is 52.9 Å². The minimum absolute atomic E-state index is 0.106. The summed E-state index contributed by atoms with van der Waals surface area (Å²) in [6.07, 6.45) is -10.6. The highest BCUT2D eigenvalue weighted by molar-refractivity contribution is 6.03. The van der Waals surface area contributed by atoms with Crippen LogP contribution in [0.4, 0.5) is 36.4 Å². The zero-order valence-corrected chi connectivity index (χ0v) is 15.7. The standard InChI is InChI=1S/C19H17F7N2O2/c1-8(4-14(29)19(24,25)26)12-5-11(6-13(20)15(12)21)28-18(30)16-9(2)3-10(7-27-16)17(22)23/h3,5-8,14,17,29H,4H2,1-2H3,(H,28,30)/t8-,14-/m1/s1. The largest absolute Gasteiger partial charge is 0.414 e. The number of aliphatic hydroxyl groups is 1. The maximum atomic E-state index is 14.1. The Morgan fingerprint density at radius 1 is 1.20 bits per heavy atom. The summed E-state index contributed by atoms with van der Waals surface area (Å²) in [6.45, 7) is 2.51. The van der Waals surface area contributed by atoms with Crippen molar-refractivity contribution in [3.05, 3.63) is 58.4 Å². The van der Waals surface area contributed by atoms with Crippen molar-refractivity contribution in [3.63, 3.8) is 0 Å². The summed E-state index contributed by atoms with van der Waals surface area (Å²) in [5.41, 5.74) is -1.30. The van der Waals surface area contributed by atoms with Crippen LogP contribution < -0.4 is 5.32 Å². The van der Waals surface area contributed by atoms with Crippen LogP contribution >= 0.6 is 0 Å². The fourth-order valence-electron chi connectivity index (χ4n) is 2.78. The highest BCUT2D eigenvalue weighted by Gasteiger charge is 2.39. The molecule has 30 heavy (non-hydrogen) atoms. The number of nitrogens with one attached hydrogen (secondary N) is 1. The van der Waals surface area contributed by atoms with Gasteiger partial charge in [0.2, 0.25) is 0 Å². The van der Waals surface area contributed by atoms with Gasteiger partial charge in [0.1, 0.15) is 11.8 Å². The van der Waals surface area contributed by atoms with E-state index < -0.39 is 59.7 Å². The van der Waals surface area contributed by atoms with Gasteiger partial charge in [0.15, 0.2) is 11.6 Å². The van der Waals surface area contributed by atoms with E-state index in [1.165, 1.54) is 6.92 Å². The van der Waals surface area contributed by atoms with Crippen LogP contribution in [0.3, 0.4) is 0 Å². The summed E-state index contributed by atoms with van der Waals surface area (Å²) in [6, 6.07) is 2.60. The predicted molar refractivity (Wildman–Crippen MR) is 93.3 cm³/mol. The molecule has 0 aliphatic heterocycles. The van der Waals surface area contributed by atoms with Gasteiger partial charge in [-0.2, -0.15) is 13.2 Å². The van der Waals surface area contributed by atoms with Crippen molar-refractivity contribution in [1.29, 1.82) is 0 Å². The summed E-state index contributed by atoms with van der Waals surface area (Å²) < 4.78 is 91.0. The van der Waals surface area contributed by atoms with Gasteiger partial charge >= 0.3 is 6.18 Å². The molecule has 1 aromatic heterocycles. The fraction of sp³-hybridized carbons (Fsp3) is 0.368. The lowest BCUT2D eigenvalue weighted by atomic mass is 9.93. The Hall–Kier alpha value is -2.69. The van der Waals surface area contributed by atoms with Crippen LogP contribution in [0, 0.1) is 18.6 Å². The first-order valence-corrected chi connectivity index (χ1v) is 8.61. The van der Waals surface area contributed by atoms with E-state index in [0.29, 0.717) is 6.07 Å². The number of hydrogen-bond donors (Lipinski definition) is 2. The average molecular weight is 438 g/mol. The average Bonchev–Trinajstić information content (AvgIpc) is 2.63. The smallest absolute Gasteiger partial charge is 0.384 e. The summed E-state index contributed by atoms with van der Waals surface area (Å²) in [7, 11) is 0. The van der Waals surface area contributed by atoms with Crippen molar-refractivity contribution >= 4 is 11.6 Å². The number of alkyl halides is 5. The summed E-state index contributed by atoms with van der Waals surface area (Å²) in [5, 5.41) is 11.4. The molecule has 1 amide bonds. The Morgan fingerprint density at radius 2 is 1.83 bits per heavy atom. The van der Waals surface area contributed by atoms with Crippen LogP contribution in [-0.2, 0) is 0 Å². The van der Waals surface area contributed by atoms with Gasteiger partial charge in [0, 0.05) is 23.5 Å². The molecule has 0 saturated carbocycles. The lowest BCUT2D eigenvalue weighted by molar-refractivity contribution is -0.206. The minimum Gasteiger partial charge on any atom is -0.384 e. The molecule has 164 valence electrons. The van der Waals surface area contributed by atoms with Gasteiger partial charge in [-0.15, -0.1) is 0 Å². The number of aromatic nitrogens is 1. The third kappa shape index (κ3) is 5.47. The maximum absolute atomic E-state index is 14.1. The maximum Gasteiger partial charge on any atom is 0.414 e. The number of carbonyl (C=O) groups is 1. The van der Waals surface area contributed by atoms with Gasteiger partial charge in [0.05, 0.1) is 0 Å². The van der Waals surface area contributed by atoms with Crippen molar-refractivity contribution in [2.45, 2.75) is 44.9 Å². The zero-order valence-electron chi connectivity index (χ0n) is 15.7. The molecule has 11 heteroatoms. The molecule has 0 unspecified atom stereocenters. The van der Waals surface area contributed by atoms with Crippen LogP contribution in [-0.4, -0.2) is 28.3 Å². The second-order valence-electron chi connectivity index (χ2n) is 6.74. The van der Waals surface area contributed by atoms with Gasteiger partial charge in [-0.25, -0.2) is 17.6 Å². The third-order valence-electron chi connectivity index (χ3n) is 4.37. The Kier molecular flexibility index (Phi) is 7.06. The van der Waals surface area contributed by atoms with Crippen LogP contribution in [0.15, 0.2) is 24.4 Å². The monoisotopic (exact) mass is 438 g/mol. The van der Waals surface area contributed by atoms with Gasteiger partial charge < -0.3 is 10.4 Å². The van der Waals surface area contributed by atoms with E-state index in [-0.39, 0.29) is 16.9 Å². The number of aryl methyl sites for hydroxylation is 1. The van der Waals surface area contributed by atoms with E-state index >= 15 is 0 Å². The predicted octanol–water partition coefficient (Wildman–Crippen LogP) is 5.27. The van der Waals surface area contributed by atoms with E-state index in [1.54, 1.807) is 0 Å². The summed E-state index contributed by atoms with van der Waals surface area (Å²) in [5.74, 6) is -4.98. The van der Waals surface area contributed by atoms with Crippen molar-refractivity contribution in [2.24, 2.45) is 0 Å². The zero-order chi connectivity index (χ0) is 22.8. The quantitative estimate of drug-likeness (QED) is 0.604. The lowest BCUT2D eigenvalue weighted by Crippen LogP contribution is -2.30. The van der Waals surface area contributed by atoms with Crippen LogP contribution in [0.5, 0.6) is 0 Å². The molecule has 0 radical (unpaired) electrons. The summed E-state index contributed by atoms with van der Waals surface area (Å²) >= 11 is 0. The number of anilines is 1. The molecule has 0 fully saturated rings. The van der Waals surface area contributed by atoms with Crippen LogP contribution in [0.2, 0.25) is 0 Å². The number of hydrogen-bond acceptors (Lipinski definition) is 3. The van der Waals surface area contributed by atoms with Crippen molar-refractivity contribution in [3.8, 4) is 0 Å². The third-order valence-corrected chi connectivity index (χ3v) is 4.37. The van der Waals surface area contributed by atoms with Gasteiger partial charge in [-0.1, -0.05) is 6.92 Å². The molecular formula is C19H17F7N2O2. The molecule has 0 aliphatic carbocycles. The molecule has 0 saturated heterocycles. The van der Waals surface area contributed by atoms with E-state index in [0.717, 1.165) is 25.3 Å². The number of carbonyl (C=O) groups excluding carboxylic acids is 1. The van der Waals surface area contributed by atoms with Crippen molar-refractivity contribution < 1.29 is 40.6 Å². The molecule has 4 nitrogen and oxygen atoms in total. The van der Waals surface area contributed by atoms with E-state index in [9.17, 15) is 35.5 Å². The second-order valence-corrected chi connectivity index (χ2v) is 6.74. The number of amides is 1. The van der Waals surface area contributed by atoms with Crippen molar-refractivity contribution in [2.75, 3.05) is 5.32 Å². The Balaban J connectivity index is 2.28. The van der Waals surface area contributed by atoms with Gasteiger partial charge in [0.25, 0.3) is 12.3 Å². The molecule has 2 N–H and O–H groups in total. The number of pyridine rings is 1. The molecular weight excluding hydrogens is 421 g/mol. The molecule has 1 heterocycles. The van der Waals surface area contributed by atoms with Gasteiger partial charge in [-0.3, -0.25) is 9.78 Å². The first-order valence-electron chi connectivity index (χ1n) is 8.61. The lowest BCUT2D eigenvalue weighted by Gasteiger charge is -2.20. The normalized spacial score (nSPS) is 14.0. The topological polar surface area (TPSA) is 62.2 Å². The molecule has 1 aromatic carbocycles. The van der Waals surface area contributed by atoms with Crippen LogP contribution in [0.25, 0.3) is 0 Å². The van der Waals surface area contributed by atoms with E-state index in [1.807, 2.05) is 0 Å². The first kappa shape index (κ1) is 23.6. The first-order chi connectivity index (χ1) is 13.8. The number of nitrogens with zero attached hydrogens (tertiary/aromatic N) is 1. The number of halogens is 7. The fourth-order valence-corrected chi connectivity index (χ4v) is 2.78.